The molecule has 0 fully saturated rings. The fraction of sp³-hybridized carbons (Fsp3) is 0.538. The zero-order chi connectivity index (χ0) is 10.8. The van der Waals surface area contributed by atoms with E-state index in [-0.39, 0.29) is 5.41 Å². The minimum absolute atomic E-state index is 0.260. The van der Waals surface area contributed by atoms with E-state index >= 15 is 0 Å². The molecular formula is C13H20O. The zero-order valence-electron chi connectivity index (χ0n) is 9.85. The molecule has 0 spiro atoms. The Hall–Kier alpha value is -0.980. The number of rotatable bonds is 3. The first-order valence-electron chi connectivity index (χ1n) is 5.16. The molecule has 0 saturated heterocycles. The van der Waals surface area contributed by atoms with Crippen molar-refractivity contribution in [3.05, 3.63) is 29.3 Å². The van der Waals surface area contributed by atoms with Gasteiger partial charge in [0, 0.05) is 0 Å². The number of aryl methyl sites for hydroxylation is 1. The summed E-state index contributed by atoms with van der Waals surface area (Å²) < 4.78 is 5.20. The third-order valence-corrected chi connectivity index (χ3v) is 3.05. The molecule has 0 saturated carbocycles. The Bertz CT molecular complexity index is 313. The van der Waals surface area contributed by atoms with Crippen LogP contribution in [0.2, 0.25) is 0 Å². The van der Waals surface area contributed by atoms with Gasteiger partial charge in [0.1, 0.15) is 5.75 Å². The van der Waals surface area contributed by atoms with Crippen LogP contribution in [0.25, 0.3) is 0 Å². The molecule has 1 aromatic rings. The summed E-state index contributed by atoms with van der Waals surface area (Å²) in [5.41, 5.74) is 2.99. The third kappa shape index (κ3) is 2.09. The number of methoxy groups -OCH3 is 1. The Balaban J connectivity index is 3.12. The molecule has 0 aliphatic rings. The van der Waals surface area contributed by atoms with Crippen LogP contribution in [0.5, 0.6) is 5.75 Å². The van der Waals surface area contributed by atoms with E-state index in [4.69, 9.17) is 4.74 Å². The van der Waals surface area contributed by atoms with E-state index in [0.29, 0.717) is 0 Å². The first-order valence-corrected chi connectivity index (χ1v) is 5.16. The van der Waals surface area contributed by atoms with Gasteiger partial charge in [-0.25, -0.2) is 0 Å². The van der Waals surface area contributed by atoms with Crippen LogP contribution in [-0.4, -0.2) is 7.11 Å². The van der Waals surface area contributed by atoms with Gasteiger partial charge in [-0.15, -0.1) is 0 Å². The maximum absolute atomic E-state index is 5.20. The van der Waals surface area contributed by atoms with Gasteiger partial charge in [-0.05, 0) is 42.0 Å². The van der Waals surface area contributed by atoms with E-state index in [0.717, 1.165) is 12.2 Å². The van der Waals surface area contributed by atoms with Gasteiger partial charge in [-0.3, -0.25) is 0 Å². The van der Waals surface area contributed by atoms with Crippen LogP contribution < -0.4 is 4.74 Å². The maximum atomic E-state index is 5.20. The van der Waals surface area contributed by atoms with E-state index in [1.165, 1.54) is 11.1 Å². The number of benzene rings is 1. The van der Waals surface area contributed by atoms with Crippen molar-refractivity contribution in [1.29, 1.82) is 0 Å². The molecule has 78 valence electrons. The Morgan fingerprint density at radius 1 is 1.29 bits per heavy atom. The van der Waals surface area contributed by atoms with E-state index in [2.05, 4.69) is 39.8 Å². The topological polar surface area (TPSA) is 9.23 Å². The first kappa shape index (κ1) is 11.1. The fourth-order valence-electron chi connectivity index (χ4n) is 1.71. The van der Waals surface area contributed by atoms with E-state index in [9.17, 15) is 0 Å². The van der Waals surface area contributed by atoms with Crippen LogP contribution in [0.4, 0.5) is 0 Å². The molecule has 0 amide bonds. The van der Waals surface area contributed by atoms with Gasteiger partial charge >= 0.3 is 0 Å². The maximum Gasteiger partial charge on any atom is 0.119 e. The van der Waals surface area contributed by atoms with Crippen LogP contribution in [0.15, 0.2) is 18.2 Å². The second-order valence-corrected chi connectivity index (χ2v) is 4.42. The van der Waals surface area contributed by atoms with Gasteiger partial charge in [0.25, 0.3) is 0 Å². The largest absolute Gasteiger partial charge is 0.497 e. The van der Waals surface area contributed by atoms with Gasteiger partial charge in [-0.1, -0.05) is 26.8 Å². The predicted molar refractivity (Wildman–Crippen MR) is 61.0 cm³/mol. The average molecular weight is 192 g/mol. The van der Waals surface area contributed by atoms with Crippen molar-refractivity contribution in [2.75, 3.05) is 7.11 Å². The molecule has 1 aromatic carbocycles. The SMILES string of the molecule is CCC(C)(C)c1ccc(OC)cc1C. The molecule has 0 aliphatic carbocycles. The molecule has 0 radical (unpaired) electrons. The van der Waals surface area contributed by atoms with Crippen molar-refractivity contribution < 1.29 is 4.74 Å². The van der Waals surface area contributed by atoms with Crippen molar-refractivity contribution in [1.82, 2.24) is 0 Å². The van der Waals surface area contributed by atoms with E-state index in [1.54, 1.807) is 7.11 Å². The summed E-state index contributed by atoms with van der Waals surface area (Å²) >= 11 is 0. The summed E-state index contributed by atoms with van der Waals surface area (Å²) in [6, 6.07) is 6.32. The van der Waals surface area contributed by atoms with Crippen LogP contribution >= 0.6 is 0 Å². The predicted octanol–water partition coefficient (Wildman–Crippen LogP) is 3.69. The molecule has 0 aromatic heterocycles. The van der Waals surface area contributed by atoms with Crippen LogP contribution in [0, 0.1) is 6.92 Å². The average Bonchev–Trinajstić information content (AvgIpc) is 2.17. The lowest BCUT2D eigenvalue weighted by atomic mass is 9.80. The number of hydrogen-bond acceptors (Lipinski definition) is 1. The highest BCUT2D eigenvalue weighted by molar-refractivity contribution is 5.38. The second-order valence-electron chi connectivity index (χ2n) is 4.42. The van der Waals surface area contributed by atoms with Gasteiger partial charge in [0.2, 0.25) is 0 Å². The van der Waals surface area contributed by atoms with E-state index in [1.807, 2.05) is 6.07 Å². The summed E-state index contributed by atoms with van der Waals surface area (Å²) in [5.74, 6) is 0.943. The first-order chi connectivity index (χ1) is 6.51. The van der Waals surface area contributed by atoms with Crippen molar-refractivity contribution >= 4 is 0 Å². The van der Waals surface area contributed by atoms with Gasteiger partial charge in [0.05, 0.1) is 7.11 Å². The number of ether oxygens (including phenoxy) is 1. The molecule has 0 unspecified atom stereocenters. The standard InChI is InChI=1S/C13H20O/c1-6-13(3,4)12-8-7-11(14-5)9-10(12)2/h7-9H,6H2,1-5H3. The smallest absolute Gasteiger partial charge is 0.119 e. The highest BCUT2D eigenvalue weighted by Gasteiger charge is 2.19. The molecule has 0 N–H and O–H groups in total. The lowest BCUT2D eigenvalue weighted by Gasteiger charge is -2.25. The van der Waals surface area contributed by atoms with Crippen LogP contribution in [0.3, 0.4) is 0 Å². The Morgan fingerprint density at radius 3 is 2.36 bits per heavy atom. The van der Waals surface area contributed by atoms with Gasteiger partial charge in [-0.2, -0.15) is 0 Å². The summed E-state index contributed by atoms with van der Waals surface area (Å²) in [6.07, 6.45) is 1.15. The Morgan fingerprint density at radius 2 is 1.93 bits per heavy atom. The summed E-state index contributed by atoms with van der Waals surface area (Å²) in [7, 11) is 1.71. The molecular weight excluding hydrogens is 172 g/mol. The van der Waals surface area contributed by atoms with Crippen molar-refractivity contribution in [2.45, 2.75) is 39.5 Å². The van der Waals surface area contributed by atoms with Gasteiger partial charge in [0.15, 0.2) is 0 Å². The summed E-state index contributed by atoms with van der Waals surface area (Å²) in [4.78, 5) is 0. The van der Waals surface area contributed by atoms with Crippen LogP contribution in [0.1, 0.15) is 38.3 Å². The Labute approximate surface area is 87.1 Å². The molecule has 0 atom stereocenters. The second kappa shape index (κ2) is 4.04. The van der Waals surface area contributed by atoms with Crippen molar-refractivity contribution in [3.63, 3.8) is 0 Å². The molecule has 1 rings (SSSR count). The van der Waals surface area contributed by atoms with Crippen LogP contribution in [-0.2, 0) is 5.41 Å². The molecule has 1 heteroatoms. The van der Waals surface area contributed by atoms with Gasteiger partial charge < -0.3 is 4.74 Å². The highest BCUT2D eigenvalue weighted by Crippen LogP contribution is 2.31. The lowest BCUT2D eigenvalue weighted by molar-refractivity contribution is 0.413. The van der Waals surface area contributed by atoms with E-state index < -0.39 is 0 Å². The molecule has 0 heterocycles. The summed E-state index contributed by atoms with van der Waals surface area (Å²) in [5, 5.41) is 0. The minimum Gasteiger partial charge on any atom is -0.497 e. The monoisotopic (exact) mass is 192 g/mol. The highest BCUT2D eigenvalue weighted by atomic mass is 16.5. The Kier molecular flexibility index (Phi) is 3.20. The number of hydrogen-bond donors (Lipinski definition) is 0. The fourth-order valence-corrected chi connectivity index (χ4v) is 1.71. The third-order valence-electron chi connectivity index (χ3n) is 3.05. The molecule has 0 aliphatic heterocycles. The normalized spacial score (nSPS) is 11.5. The molecule has 14 heavy (non-hydrogen) atoms. The lowest BCUT2D eigenvalue weighted by Crippen LogP contribution is -2.16. The quantitative estimate of drug-likeness (QED) is 0.709. The minimum atomic E-state index is 0.260. The molecule has 1 nitrogen and oxygen atoms in total. The molecule has 0 bridgehead atoms. The van der Waals surface area contributed by atoms with Crippen molar-refractivity contribution in [2.24, 2.45) is 0 Å². The van der Waals surface area contributed by atoms with Crippen molar-refractivity contribution in [3.8, 4) is 5.75 Å². The summed E-state index contributed by atoms with van der Waals surface area (Å²) in [6.45, 7) is 8.93. The zero-order valence-corrected chi connectivity index (χ0v) is 9.85.